The smallest absolute Gasteiger partial charge is 0.133 e. The molecule has 1 unspecified atom stereocenters. The number of rotatable bonds is 4. The van der Waals surface area contributed by atoms with Crippen molar-refractivity contribution in [2.45, 2.75) is 46.5 Å². The Labute approximate surface area is 116 Å². The Kier molecular flexibility index (Phi) is 5.28. The van der Waals surface area contributed by atoms with Crippen LogP contribution in [-0.2, 0) is 11.8 Å². The maximum atomic E-state index is 8.60. The van der Waals surface area contributed by atoms with Gasteiger partial charge in [-0.3, -0.25) is 0 Å². The maximum Gasteiger partial charge on any atom is 0.133 e. The van der Waals surface area contributed by atoms with Gasteiger partial charge in [0.05, 0.1) is 0 Å². The van der Waals surface area contributed by atoms with Crippen molar-refractivity contribution in [1.82, 2.24) is 0 Å². The third-order valence-electron chi connectivity index (χ3n) is 3.22. The third kappa shape index (κ3) is 4.38. The van der Waals surface area contributed by atoms with Crippen LogP contribution in [0.2, 0.25) is 0 Å². The Balaban J connectivity index is 2.85. The van der Waals surface area contributed by atoms with Crippen molar-refractivity contribution in [3.63, 3.8) is 0 Å². The Morgan fingerprint density at radius 2 is 2.00 bits per heavy atom. The second kappa shape index (κ2) is 6.29. The topological polar surface area (TPSA) is 23.8 Å². The summed E-state index contributed by atoms with van der Waals surface area (Å²) in [5.41, 5.74) is 4.38. The lowest BCUT2D eigenvalue weighted by Crippen LogP contribution is -2.13. The monoisotopic (exact) mass is 261 g/mol. The molecule has 0 spiro atoms. The zero-order valence-corrected chi connectivity index (χ0v) is 12.9. The summed E-state index contributed by atoms with van der Waals surface area (Å²) >= 11 is 1.36. The average molecular weight is 261 g/mol. The van der Waals surface area contributed by atoms with E-state index in [1.807, 2.05) is 0 Å². The molecule has 2 heteroatoms. The second-order valence-electron chi connectivity index (χ2n) is 6.10. The number of aryl methyl sites for hydroxylation is 1. The van der Waals surface area contributed by atoms with Crippen LogP contribution in [0.4, 0.5) is 0 Å². The molecule has 1 aromatic rings. The van der Waals surface area contributed by atoms with E-state index >= 15 is 0 Å². The Morgan fingerprint density at radius 1 is 1.33 bits per heavy atom. The van der Waals surface area contributed by atoms with E-state index in [0.29, 0.717) is 5.92 Å². The first-order valence-electron chi connectivity index (χ1n) is 6.45. The summed E-state index contributed by atoms with van der Waals surface area (Å²) < 4.78 is 0. The van der Waals surface area contributed by atoms with Crippen LogP contribution in [0.1, 0.15) is 44.4 Å². The Bertz CT molecular complexity index is 437. The zero-order chi connectivity index (χ0) is 13.8. The van der Waals surface area contributed by atoms with Gasteiger partial charge in [0.15, 0.2) is 0 Å². The first kappa shape index (κ1) is 15.1. The van der Waals surface area contributed by atoms with Gasteiger partial charge in [0.1, 0.15) is 5.40 Å². The predicted octanol–water partition coefficient (Wildman–Crippen LogP) is 4.69. The van der Waals surface area contributed by atoms with Crippen LogP contribution in [0.15, 0.2) is 18.2 Å². The van der Waals surface area contributed by atoms with Crippen LogP contribution >= 0.6 is 11.8 Å². The molecule has 0 N–H and O–H groups in total. The molecule has 0 amide bonds. The lowest BCUT2D eigenvalue weighted by atomic mass is 9.84. The number of nitrogens with zero attached hydrogens (tertiary/aromatic N) is 1. The molecule has 98 valence electrons. The van der Waals surface area contributed by atoms with Crippen LogP contribution < -0.4 is 0 Å². The number of thioether (sulfide) groups is 1. The van der Waals surface area contributed by atoms with Crippen molar-refractivity contribution in [2.75, 3.05) is 5.75 Å². The molecular formula is C16H23NS. The van der Waals surface area contributed by atoms with Crippen molar-refractivity contribution in [1.29, 1.82) is 5.26 Å². The number of nitriles is 1. The second-order valence-corrected chi connectivity index (χ2v) is 6.91. The molecule has 0 aromatic heterocycles. The van der Waals surface area contributed by atoms with Gasteiger partial charge in [0.2, 0.25) is 0 Å². The van der Waals surface area contributed by atoms with Gasteiger partial charge in [0, 0.05) is 5.75 Å². The fourth-order valence-electron chi connectivity index (χ4n) is 1.97. The first-order valence-corrected chi connectivity index (χ1v) is 7.44. The standard InChI is InChI=1S/C16H23NS/c1-12(10-18-11-17)8-14-9-15(16(3,4)5)7-6-13(14)2/h6-7,9,12H,8,10H2,1-5H3. The van der Waals surface area contributed by atoms with Crippen molar-refractivity contribution in [3.05, 3.63) is 34.9 Å². The number of hydrogen-bond acceptors (Lipinski definition) is 2. The molecule has 0 aliphatic heterocycles. The molecule has 18 heavy (non-hydrogen) atoms. The molecule has 1 atom stereocenters. The van der Waals surface area contributed by atoms with E-state index in [4.69, 9.17) is 5.26 Å². The molecule has 1 nitrogen and oxygen atoms in total. The third-order valence-corrected chi connectivity index (χ3v) is 4.08. The highest BCUT2D eigenvalue weighted by Gasteiger charge is 2.15. The minimum atomic E-state index is 0.201. The van der Waals surface area contributed by atoms with E-state index < -0.39 is 0 Å². The molecule has 1 aromatic carbocycles. The average Bonchev–Trinajstić information content (AvgIpc) is 2.28. The summed E-state index contributed by atoms with van der Waals surface area (Å²) in [6, 6.07) is 6.79. The van der Waals surface area contributed by atoms with Crippen molar-refractivity contribution < 1.29 is 0 Å². The Hall–Kier alpha value is -0.940. The van der Waals surface area contributed by atoms with Crippen LogP contribution in [0.3, 0.4) is 0 Å². The molecule has 0 fully saturated rings. The quantitative estimate of drug-likeness (QED) is 0.734. The SMILES string of the molecule is Cc1ccc(C(C)(C)C)cc1CC(C)CSC#N. The lowest BCUT2D eigenvalue weighted by Gasteiger charge is -2.21. The van der Waals surface area contributed by atoms with Gasteiger partial charge in [-0.15, -0.1) is 0 Å². The zero-order valence-electron chi connectivity index (χ0n) is 12.1. The molecule has 0 saturated carbocycles. The molecule has 0 heterocycles. The number of thiocyanates is 1. The summed E-state index contributed by atoms with van der Waals surface area (Å²) in [4.78, 5) is 0. The van der Waals surface area contributed by atoms with Gasteiger partial charge in [-0.2, -0.15) is 5.26 Å². The van der Waals surface area contributed by atoms with Gasteiger partial charge in [-0.25, -0.2) is 0 Å². The Morgan fingerprint density at radius 3 is 2.56 bits per heavy atom. The summed E-state index contributed by atoms with van der Waals surface area (Å²) in [7, 11) is 0. The highest BCUT2D eigenvalue weighted by molar-refractivity contribution is 8.03. The summed E-state index contributed by atoms with van der Waals surface area (Å²) in [6.07, 6.45) is 1.06. The summed E-state index contributed by atoms with van der Waals surface area (Å²) in [5.74, 6) is 1.46. The van der Waals surface area contributed by atoms with Gasteiger partial charge in [0.25, 0.3) is 0 Å². The molecule has 0 radical (unpaired) electrons. The van der Waals surface area contributed by atoms with E-state index in [0.717, 1.165) is 12.2 Å². The van der Waals surface area contributed by atoms with Crippen LogP contribution in [-0.4, -0.2) is 5.75 Å². The van der Waals surface area contributed by atoms with Crippen molar-refractivity contribution in [3.8, 4) is 5.40 Å². The summed E-state index contributed by atoms with van der Waals surface area (Å²) in [6.45, 7) is 11.1. The van der Waals surface area contributed by atoms with E-state index in [2.05, 4.69) is 58.2 Å². The maximum absolute atomic E-state index is 8.60. The van der Waals surface area contributed by atoms with Crippen molar-refractivity contribution >= 4 is 11.8 Å². The van der Waals surface area contributed by atoms with Gasteiger partial charge < -0.3 is 0 Å². The molecule has 0 aliphatic carbocycles. The summed E-state index contributed by atoms with van der Waals surface area (Å²) in [5, 5.41) is 10.8. The van der Waals surface area contributed by atoms with Crippen LogP contribution in [0.25, 0.3) is 0 Å². The molecular weight excluding hydrogens is 238 g/mol. The molecule has 1 rings (SSSR count). The fourth-order valence-corrected chi connectivity index (χ4v) is 2.45. The van der Waals surface area contributed by atoms with E-state index in [9.17, 15) is 0 Å². The van der Waals surface area contributed by atoms with E-state index in [1.54, 1.807) is 0 Å². The predicted molar refractivity (Wildman–Crippen MR) is 80.8 cm³/mol. The van der Waals surface area contributed by atoms with E-state index in [1.165, 1.54) is 28.5 Å². The fraction of sp³-hybridized carbons (Fsp3) is 0.562. The van der Waals surface area contributed by atoms with Crippen LogP contribution in [0, 0.1) is 23.5 Å². The van der Waals surface area contributed by atoms with E-state index in [-0.39, 0.29) is 5.41 Å². The van der Waals surface area contributed by atoms with Crippen LogP contribution in [0.5, 0.6) is 0 Å². The van der Waals surface area contributed by atoms with Gasteiger partial charge in [-0.05, 0) is 53.1 Å². The number of benzene rings is 1. The highest BCUT2D eigenvalue weighted by atomic mass is 32.2. The largest absolute Gasteiger partial charge is 0.185 e. The lowest BCUT2D eigenvalue weighted by molar-refractivity contribution is 0.586. The molecule has 0 aliphatic rings. The molecule has 0 bridgehead atoms. The normalized spacial score (nSPS) is 13.1. The number of hydrogen-bond donors (Lipinski definition) is 0. The minimum absolute atomic E-state index is 0.201. The minimum Gasteiger partial charge on any atom is -0.185 e. The molecule has 0 saturated heterocycles. The van der Waals surface area contributed by atoms with Gasteiger partial charge >= 0.3 is 0 Å². The first-order chi connectivity index (χ1) is 8.34. The van der Waals surface area contributed by atoms with Gasteiger partial charge in [-0.1, -0.05) is 45.9 Å². The highest BCUT2D eigenvalue weighted by Crippen LogP contribution is 2.26. The van der Waals surface area contributed by atoms with Crippen molar-refractivity contribution in [2.24, 2.45) is 5.92 Å².